The van der Waals surface area contributed by atoms with Gasteiger partial charge in [-0.25, -0.2) is 4.79 Å². The summed E-state index contributed by atoms with van der Waals surface area (Å²) >= 11 is 0. The molecule has 0 radical (unpaired) electrons. The zero-order chi connectivity index (χ0) is 16.2. The summed E-state index contributed by atoms with van der Waals surface area (Å²) in [5.41, 5.74) is 1.77. The molecule has 0 atom stereocenters. The van der Waals surface area contributed by atoms with E-state index in [0.29, 0.717) is 35.7 Å². The number of amides is 1. The summed E-state index contributed by atoms with van der Waals surface area (Å²) in [6, 6.07) is 0. The number of hydrogen-bond acceptors (Lipinski definition) is 3. The second-order valence-electron chi connectivity index (χ2n) is 6.36. The lowest BCUT2D eigenvalue weighted by Gasteiger charge is -2.25. The van der Waals surface area contributed by atoms with Gasteiger partial charge in [-0.2, -0.15) is 4.98 Å². The molecule has 1 rings (SSSR count). The number of aromatic amines is 1. The fourth-order valence-electron chi connectivity index (χ4n) is 2.71. The molecular weight excluding hydrogens is 266 g/mol. The van der Waals surface area contributed by atoms with E-state index in [1.54, 1.807) is 13.8 Å². The minimum absolute atomic E-state index is 0.0265. The number of nitrogens with zero attached hydrogens (tertiary/aromatic N) is 1. The van der Waals surface area contributed by atoms with Crippen LogP contribution in [0.25, 0.3) is 0 Å². The Bertz CT molecular complexity index is 513. The molecular formula is C16H27N3O2. The van der Waals surface area contributed by atoms with Crippen LogP contribution >= 0.6 is 0 Å². The number of H-pyrrole nitrogens is 1. The van der Waals surface area contributed by atoms with E-state index in [4.69, 9.17) is 0 Å². The Morgan fingerprint density at radius 1 is 1.19 bits per heavy atom. The molecule has 118 valence electrons. The molecule has 0 aromatic carbocycles. The molecule has 0 aliphatic rings. The molecule has 0 spiro atoms. The number of rotatable bonds is 6. The van der Waals surface area contributed by atoms with E-state index in [-0.39, 0.29) is 18.0 Å². The lowest BCUT2D eigenvalue weighted by Crippen LogP contribution is -2.35. The van der Waals surface area contributed by atoms with E-state index in [0.717, 1.165) is 5.56 Å². The highest BCUT2D eigenvalue weighted by molar-refractivity contribution is 5.79. The predicted octanol–water partition coefficient (Wildman–Crippen LogP) is 1.97. The molecule has 0 saturated heterocycles. The van der Waals surface area contributed by atoms with Gasteiger partial charge in [0.1, 0.15) is 0 Å². The standard InChI is InChI=1S/C16H27N3O2/c1-9(2)14(10(3)4)8-17-15(20)7-13-11(5)18-16(21)19-12(13)6/h9-10,14H,7-8H2,1-6H3,(H,17,20)(H,18,19,21). The van der Waals surface area contributed by atoms with Crippen molar-refractivity contribution in [2.75, 3.05) is 6.54 Å². The molecule has 5 heteroatoms. The van der Waals surface area contributed by atoms with Crippen molar-refractivity contribution in [2.24, 2.45) is 17.8 Å². The zero-order valence-corrected chi connectivity index (χ0v) is 13.9. The predicted molar refractivity (Wildman–Crippen MR) is 84.2 cm³/mol. The molecule has 21 heavy (non-hydrogen) atoms. The highest BCUT2D eigenvalue weighted by Crippen LogP contribution is 2.19. The van der Waals surface area contributed by atoms with Gasteiger partial charge < -0.3 is 10.3 Å². The maximum Gasteiger partial charge on any atom is 0.345 e. The molecule has 0 fully saturated rings. The van der Waals surface area contributed by atoms with E-state index >= 15 is 0 Å². The van der Waals surface area contributed by atoms with Crippen molar-refractivity contribution in [3.05, 3.63) is 27.4 Å². The monoisotopic (exact) mass is 293 g/mol. The van der Waals surface area contributed by atoms with Crippen LogP contribution in [-0.4, -0.2) is 22.4 Å². The summed E-state index contributed by atoms with van der Waals surface area (Å²) in [6.45, 7) is 12.9. The largest absolute Gasteiger partial charge is 0.356 e. The summed E-state index contributed by atoms with van der Waals surface area (Å²) in [6.07, 6.45) is 0.254. The minimum atomic E-state index is -0.367. The van der Waals surface area contributed by atoms with Gasteiger partial charge in [0.05, 0.1) is 6.42 Å². The fraction of sp³-hybridized carbons (Fsp3) is 0.688. The first-order valence-corrected chi connectivity index (χ1v) is 7.55. The van der Waals surface area contributed by atoms with E-state index in [2.05, 4.69) is 43.0 Å². The van der Waals surface area contributed by atoms with Crippen LogP contribution in [-0.2, 0) is 11.2 Å². The van der Waals surface area contributed by atoms with Crippen LogP contribution in [0.3, 0.4) is 0 Å². The summed E-state index contributed by atoms with van der Waals surface area (Å²) in [5, 5.41) is 3.00. The van der Waals surface area contributed by atoms with Crippen molar-refractivity contribution in [3.8, 4) is 0 Å². The smallest absolute Gasteiger partial charge is 0.345 e. The Kier molecular flexibility index (Phi) is 6.12. The second-order valence-corrected chi connectivity index (χ2v) is 6.36. The van der Waals surface area contributed by atoms with E-state index in [1.165, 1.54) is 0 Å². The normalized spacial score (nSPS) is 11.5. The Hall–Kier alpha value is -1.65. The molecule has 0 aliphatic heterocycles. The molecule has 1 amide bonds. The number of aromatic nitrogens is 2. The first kappa shape index (κ1) is 17.4. The topological polar surface area (TPSA) is 74.8 Å². The lowest BCUT2D eigenvalue weighted by atomic mass is 9.85. The molecule has 0 bridgehead atoms. The zero-order valence-electron chi connectivity index (χ0n) is 13.9. The lowest BCUT2D eigenvalue weighted by molar-refractivity contribution is -0.120. The summed E-state index contributed by atoms with van der Waals surface area (Å²) in [7, 11) is 0. The first-order valence-electron chi connectivity index (χ1n) is 7.55. The number of aryl methyl sites for hydroxylation is 2. The highest BCUT2D eigenvalue weighted by Gasteiger charge is 2.19. The molecule has 1 aromatic rings. The minimum Gasteiger partial charge on any atom is -0.356 e. The maximum atomic E-state index is 12.1. The van der Waals surface area contributed by atoms with Crippen LogP contribution in [0.1, 0.15) is 44.6 Å². The van der Waals surface area contributed by atoms with Crippen LogP contribution in [0.15, 0.2) is 4.79 Å². The second kappa shape index (κ2) is 7.38. The third-order valence-corrected chi connectivity index (χ3v) is 4.04. The van der Waals surface area contributed by atoms with Crippen molar-refractivity contribution in [3.63, 3.8) is 0 Å². The van der Waals surface area contributed by atoms with Crippen molar-refractivity contribution in [1.29, 1.82) is 0 Å². The molecule has 1 aromatic heterocycles. The van der Waals surface area contributed by atoms with Crippen molar-refractivity contribution in [2.45, 2.75) is 48.0 Å². The van der Waals surface area contributed by atoms with Crippen molar-refractivity contribution in [1.82, 2.24) is 15.3 Å². The van der Waals surface area contributed by atoms with Gasteiger partial charge in [0.25, 0.3) is 0 Å². The Balaban J connectivity index is 2.69. The third-order valence-electron chi connectivity index (χ3n) is 4.04. The summed E-state index contributed by atoms with van der Waals surface area (Å²) in [5.74, 6) is 1.50. The molecule has 0 saturated carbocycles. The molecule has 5 nitrogen and oxygen atoms in total. The SMILES string of the molecule is Cc1nc(=O)[nH]c(C)c1CC(=O)NCC(C(C)C)C(C)C. The fourth-order valence-corrected chi connectivity index (χ4v) is 2.71. The Labute approximate surface area is 126 Å². The number of hydrogen-bond donors (Lipinski definition) is 2. The van der Waals surface area contributed by atoms with Gasteiger partial charge in [0, 0.05) is 23.5 Å². The van der Waals surface area contributed by atoms with E-state index in [9.17, 15) is 9.59 Å². The van der Waals surface area contributed by atoms with E-state index < -0.39 is 0 Å². The Morgan fingerprint density at radius 2 is 1.76 bits per heavy atom. The van der Waals surface area contributed by atoms with Crippen LogP contribution in [0.4, 0.5) is 0 Å². The number of carbonyl (C=O) groups is 1. The van der Waals surface area contributed by atoms with Crippen LogP contribution in [0.2, 0.25) is 0 Å². The summed E-state index contributed by atoms with van der Waals surface area (Å²) < 4.78 is 0. The Morgan fingerprint density at radius 3 is 2.24 bits per heavy atom. The van der Waals surface area contributed by atoms with E-state index in [1.807, 2.05) is 0 Å². The molecule has 2 N–H and O–H groups in total. The average molecular weight is 293 g/mol. The average Bonchev–Trinajstić information content (AvgIpc) is 2.33. The molecule has 1 heterocycles. The van der Waals surface area contributed by atoms with Gasteiger partial charge in [0.15, 0.2) is 0 Å². The van der Waals surface area contributed by atoms with Crippen LogP contribution in [0.5, 0.6) is 0 Å². The maximum absolute atomic E-state index is 12.1. The molecule has 0 unspecified atom stereocenters. The van der Waals surface area contributed by atoms with Crippen molar-refractivity contribution < 1.29 is 4.79 Å². The van der Waals surface area contributed by atoms with Gasteiger partial charge in [0.2, 0.25) is 5.91 Å². The van der Waals surface area contributed by atoms with Crippen LogP contribution < -0.4 is 11.0 Å². The van der Waals surface area contributed by atoms with Gasteiger partial charge in [-0.1, -0.05) is 27.7 Å². The quantitative estimate of drug-likeness (QED) is 0.842. The van der Waals surface area contributed by atoms with Crippen molar-refractivity contribution >= 4 is 5.91 Å². The summed E-state index contributed by atoms with van der Waals surface area (Å²) in [4.78, 5) is 29.9. The van der Waals surface area contributed by atoms with Gasteiger partial charge in [-0.05, 0) is 31.6 Å². The first-order chi connectivity index (χ1) is 9.72. The van der Waals surface area contributed by atoms with Gasteiger partial charge >= 0.3 is 5.69 Å². The number of nitrogens with one attached hydrogen (secondary N) is 2. The van der Waals surface area contributed by atoms with Gasteiger partial charge in [-0.15, -0.1) is 0 Å². The van der Waals surface area contributed by atoms with Crippen LogP contribution in [0, 0.1) is 31.6 Å². The number of carbonyl (C=O) groups excluding carboxylic acids is 1. The molecule has 0 aliphatic carbocycles. The third kappa shape index (κ3) is 4.99. The van der Waals surface area contributed by atoms with Gasteiger partial charge in [-0.3, -0.25) is 4.79 Å². The highest BCUT2D eigenvalue weighted by atomic mass is 16.1.